The monoisotopic (exact) mass is 647 g/mol. The first-order chi connectivity index (χ1) is 22.7. The Labute approximate surface area is 275 Å². The van der Waals surface area contributed by atoms with E-state index in [4.69, 9.17) is 14.5 Å². The van der Waals surface area contributed by atoms with Gasteiger partial charge in [0.05, 0.1) is 17.4 Å². The summed E-state index contributed by atoms with van der Waals surface area (Å²) < 4.78 is 12.3. The molecule has 2 aromatic carbocycles. The van der Waals surface area contributed by atoms with Gasteiger partial charge in [-0.25, -0.2) is 14.6 Å². The van der Waals surface area contributed by atoms with Crippen LogP contribution in [0.5, 0.6) is 5.75 Å². The molecule has 4 rings (SSSR count). The molecule has 1 aliphatic heterocycles. The molecular weight excluding hydrogens is 602 g/mol. The van der Waals surface area contributed by atoms with Crippen molar-refractivity contribution in [3.8, 4) is 5.75 Å². The van der Waals surface area contributed by atoms with Crippen molar-refractivity contribution in [1.29, 1.82) is 0 Å². The fourth-order valence-electron chi connectivity index (χ4n) is 5.45. The summed E-state index contributed by atoms with van der Waals surface area (Å²) >= 11 is 0. The van der Waals surface area contributed by atoms with E-state index in [2.05, 4.69) is 24.0 Å². The Morgan fingerprint density at radius 1 is 0.915 bits per heavy atom. The number of carbonyl (C=O) groups excluding carboxylic acids is 1. The highest BCUT2D eigenvalue weighted by molar-refractivity contribution is 6.06. The average molecular weight is 648 g/mol. The number of carbonyl (C=O) groups is 3. The zero-order valence-corrected chi connectivity index (χ0v) is 27.5. The molecule has 0 spiro atoms. The molecule has 0 aliphatic carbocycles. The Hall–Kier alpha value is -4.71. The van der Waals surface area contributed by atoms with Crippen LogP contribution >= 0.6 is 0 Å². The molecule has 0 saturated carbocycles. The van der Waals surface area contributed by atoms with Gasteiger partial charge in [-0.15, -0.1) is 0 Å². The standard InChI is InChI=1S/C35H45N5O7/c1-5-9-12-28(33(41)39(21-10-6-2)24-17-19-26(20-18-24)46-29(11-7-3)35(44)45)47-32-31-27(22-36-38-31)40(30(8-4)37-32)25-15-13-23(14-16-25)34(42)43/h13-20,22,28-29,32H,5-12,21H2,1-4H3,(H,36,38)(H,42,43)(H,44,45). The number of aromatic amines is 1. The van der Waals surface area contributed by atoms with Gasteiger partial charge in [-0.3, -0.25) is 14.8 Å². The molecule has 252 valence electrons. The van der Waals surface area contributed by atoms with Crippen LogP contribution in [-0.4, -0.2) is 62.8 Å². The van der Waals surface area contributed by atoms with E-state index in [0.717, 1.165) is 31.4 Å². The van der Waals surface area contributed by atoms with E-state index in [1.807, 2.05) is 18.7 Å². The van der Waals surface area contributed by atoms with Gasteiger partial charge in [-0.05, 0) is 67.8 Å². The highest BCUT2D eigenvalue weighted by Gasteiger charge is 2.35. The molecule has 0 saturated heterocycles. The van der Waals surface area contributed by atoms with Gasteiger partial charge in [0.2, 0.25) is 0 Å². The molecule has 47 heavy (non-hydrogen) atoms. The third-order valence-electron chi connectivity index (χ3n) is 7.99. The Bertz CT molecular complexity index is 1520. The number of unbranched alkanes of at least 4 members (excludes halogenated alkanes) is 2. The van der Waals surface area contributed by atoms with Gasteiger partial charge in [0.15, 0.2) is 12.3 Å². The van der Waals surface area contributed by atoms with Crippen LogP contribution in [0.1, 0.15) is 101 Å². The third-order valence-corrected chi connectivity index (χ3v) is 7.99. The maximum absolute atomic E-state index is 14.3. The van der Waals surface area contributed by atoms with E-state index in [9.17, 15) is 24.6 Å². The molecule has 12 nitrogen and oxygen atoms in total. The number of hydrogen-bond donors (Lipinski definition) is 3. The van der Waals surface area contributed by atoms with Gasteiger partial charge in [0, 0.05) is 24.3 Å². The normalized spacial score (nSPS) is 15.4. The van der Waals surface area contributed by atoms with Gasteiger partial charge in [-0.2, -0.15) is 5.10 Å². The largest absolute Gasteiger partial charge is 0.479 e. The van der Waals surface area contributed by atoms with Crippen molar-refractivity contribution in [2.75, 3.05) is 16.3 Å². The van der Waals surface area contributed by atoms with Crippen LogP contribution in [0.25, 0.3) is 0 Å². The first-order valence-electron chi connectivity index (χ1n) is 16.4. The summed E-state index contributed by atoms with van der Waals surface area (Å²) in [5.41, 5.74) is 2.90. The Morgan fingerprint density at radius 3 is 2.21 bits per heavy atom. The van der Waals surface area contributed by atoms with Crippen LogP contribution in [-0.2, 0) is 14.3 Å². The van der Waals surface area contributed by atoms with E-state index >= 15 is 0 Å². The molecule has 3 N–H and O–H groups in total. The molecule has 3 aromatic rings. The van der Waals surface area contributed by atoms with Gasteiger partial charge in [-0.1, -0.05) is 53.4 Å². The Kier molecular flexibility index (Phi) is 12.5. The molecule has 3 atom stereocenters. The number of carboxylic acids is 2. The molecule has 0 radical (unpaired) electrons. The van der Waals surface area contributed by atoms with Crippen LogP contribution < -0.4 is 14.5 Å². The summed E-state index contributed by atoms with van der Waals surface area (Å²) in [6.45, 7) is 8.49. The molecule has 0 bridgehead atoms. The lowest BCUT2D eigenvalue weighted by atomic mass is 10.1. The van der Waals surface area contributed by atoms with Gasteiger partial charge in [0.25, 0.3) is 5.91 Å². The van der Waals surface area contributed by atoms with Crippen molar-refractivity contribution < 1.29 is 34.1 Å². The summed E-state index contributed by atoms with van der Waals surface area (Å²) in [6, 6.07) is 13.5. The molecule has 1 aliphatic rings. The number of ether oxygens (including phenoxy) is 2. The molecule has 12 heteroatoms. The summed E-state index contributed by atoms with van der Waals surface area (Å²) in [7, 11) is 0. The number of aliphatic imine (C=N–C) groups is 1. The molecule has 1 amide bonds. The lowest BCUT2D eigenvalue weighted by molar-refractivity contribution is -0.145. The number of aromatic nitrogens is 2. The quantitative estimate of drug-likeness (QED) is 0.131. The molecule has 0 fully saturated rings. The third kappa shape index (κ3) is 8.56. The van der Waals surface area contributed by atoms with Crippen LogP contribution in [0.4, 0.5) is 17.1 Å². The highest BCUT2D eigenvalue weighted by atomic mass is 16.5. The number of anilines is 3. The van der Waals surface area contributed by atoms with Crippen molar-refractivity contribution in [2.45, 2.75) is 97.5 Å². The van der Waals surface area contributed by atoms with Crippen LogP contribution in [0.3, 0.4) is 0 Å². The zero-order valence-electron chi connectivity index (χ0n) is 27.5. The maximum Gasteiger partial charge on any atom is 0.344 e. The van der Waals surface area contributed by atoms with E-state index < -0.39 is 30.4 Å². The molecule has 1 aromatic heterocycles. The lowest BCUT2D eigenvalue weighted by Crippen LogP contribution is -2.42. The zero-order chi connectivity index (χ0) is 33.9. The van der Waals surface area contributed by atoms with E-state index in [-0.39, 0.29) is 11.5 Å². The number of fused-ring (bicyclic) bond motifs is 1. The topological polar surface area (TPSA) is 158 Å². The number of nitrogens with zero attached hydrogens (tertiary/aromatic N) is 4. The Morgan fingerprint density at radius 2 is 1.62 bits per heavy atom. The van der Waals surface area contributed by atoms with Crippen molar-refractivity contribution in [3.05, 3.63) is 66.0 Å². The lowest BCUT2D eigenvalue weighted by Gasteiger charge is -2.34. The van der Waals surface area contributed by atoms with Crippen molar-refractivity contribution in [3.63, 3.8) is 0 Å². The minimum Gasteiger partial charge on any atom is -0.479 e. The van der Waals surface area contributed by atoms with Crippen molar-refractivity contribution in [1.82, 2.24) is 10.2 Å². The van der Waals surface area contributed by atoms with Crippen LogP contribution in [0.2, 0.25) is 0 Å². The first kappa shape index (κ1) is 35.1. The smallest absolute Gasteiger partial charge is 0.344 e. The number of nitrogens with one attached hydrogen (secondary N) is 1. The highest BCUT2D eigenvalue weighted by Crippen LogP contribution is 2.39. The van der Waals surface area contributed by atoms with Crippen molar-refractivity contribution in [2.24, 2.45) is 4.99 Å². The first-order valence-corrected chi connectivity index (χ1v) is 16.4. The number of carboxylic acid groups (broad SMARTS) is 2. The minimum absolute atomic E-state index is 0.183. The van der Waals surface area contributed by atoms with Gasteiger partial charge in [0.1, 0.15) is 23.4 Å². The molecule has 2 heterocycles. The second kappa shape index (κ2) is 16.7. The summed E-state index contributed by atoms with van der Waals surface area (Å²) in [6.07, 6.45) is 4.56. The van der Waals surface area contributed by atoms with E-state index in [0.29, 0.717) is 60.9 Å². The van der Waals surface area contributed by atoms with Crippen molar-refractivity contribution >= 4 is 40.7 Å². The number of H-pyrrole nitrogens is 1. The Balaban J connectivity index is 1.61. The summed E-state index contributed by atoms with van der Waals surface area (Å²) in [5, 5.41) is 26.1. The second-order valence-electron chi connectivity index (χ2n) is 11.4. The van der Waals surface area contributed by atoms with E-state index in [1.54, 1.807) is 59.6 Å². The number of amidine groups is 1. The molecule has 3 unspecified atom stereocenters. The van der Waals surface area contributed by atoms with Crippen LogP contribution in [0, 0.1) is 0 Å². The van der Waals surface area contributed by atoms with Gasteiger partial charge < -0.3 is 24.6 Å². The number of rotatable bonds is 18. The minimum atomic E-state index is -1.01. The van der Waals surface area contributed by atoms with Crippen LogP contribution in [0.15, 0.2) is 59.7 Å². The predicted octanol–water partition coefficient (Wildman–Crippen LogP) is 7.11. The predicted molar refractivity (Wildman–Crippen MR) is 180 cm³/mol. The average Bonchev–Trinajstić information content (AvgIpc) is 3.57. The number of benzene rings is 2. The summed E-state index contributed by atoms with van der Waals surface area (Å²) in [4.78, 5) is 45.9. The fourth-order valence-corrected chi connectivity index (χ4v) is 5.45. The summed E-state index contributed by atoms with van der Waals surface area (Å²) in [5.74, 6) is -1.08. The number of aliphatic carboxylic acids is 1. The second-order valence-corrected chi connectivity index (χ2v) is 11.4. The SMILES string of the molecule is CCCCC(OC1N=C(CC)N(c2ccc(C(=O)O)cc2)c2cn[nH]c21)C(=O)N(CCCC)c1ccc(OC(CCC)C(=O)O)cc1. The maximum atomic E-state index is 14.3. The van der Waals surface area contributed by atoms with Gasteiger partial charge >= 0.3 is 11.9 Å². The fraction of sp³-hybridized carbons (Fsp3) is 0.457. The number of amides is 1. The molecular formula is C35H45N5O7. The number of hydrogen-bond acceptors (Lipinski definition) is 8. The number of aromatic carboxylic acids is 1. The van der Waals surface area contributed by atoms with E-state index in [1.165, 1.54) is 0 Å².